The van der Waals surface area contributed by atoms with Gasteiger partial charge in [-0.15, -0.1) is 0 Å². The highest BCUT2D eigenvalue weighted by molar-refractivity contribution is 5.70. The second kappa shape index (κ2) is 9.04. The second-order valence-electron chi connectivity index (χ2n) is 10.0. The number of rotatable bonds is 4. The number of ether oxygens (including phenoxy) is 4. The van der Waals surface area contributed by atoms with Crippen LogP contribution in [0.1, 0.15) is 70.9 Å². The van der Waals surface area contributed by atoms with E-state index in [0.29, 0.717) is 5.75 Å². The summed E-state index contributed by atoms with van der Waals surface area (Å²) >= 11 is 0. The van der Waals surface area contributed by atoms with E-state index in [0.717, 1.165) is 31.2 Å². The fourth-order valence-corrected chi connectivity index (χ4v) is 6.80. The Labute approximate surface area is 199 Å². The maximum atomic E-state index is 12.1. The van der Waals surface area contributed by atoms with Gasteiger partial charge in [0, 0.05) is 39.0 Å². The zero-order valence-electron chi connectivity index (χ0n) is 20.3. The van der Waals surface area contributed by atoms with Gasteiger partial charge < -0.3 is 18.9 Å². The summed E-state index contributed by atoms with van der Waals surface area (Å²) in [6, 6.07) is 5.77. The molecule has 3 aliphatic rings. The molecule has 0 saturated heterocycles. The molecular weight excluding hydrogens is 440 g/mol. The molecule has 1 aromatic rings. The molecular formula is C26H32O8. The minimum atomic E-state index is -0.855. The van der Waals surface area contributed by atoms with Crippen molar-refractivity contribution >= 4 is 23.9 Å². The number of benzene rings is 1. The standard InChI is InChI=1S/C26H32O8/c1-13(27)31-18-7-9-19-17(12-18)6-8-21-20(19)10-11-26(5)22(21)23(32-14(2)28)24(33-15(3)29)25(26)34-16(4)30/h7,9,12,20-25H,6,8,10-11H2,1-5H3. The van der Waals surface area contributed by atoms with E-state index in [-0.39, 0.29) is 23.7 Å². The van der Waals surface area contributed by atoms with Crippen molar-refractivity contribution in [3.63, 3.8) is 0 Å². The third-order valence-corrected chi connectivity index (χ3v) is 7.78. The highest BCUT2D eigenvalue weighted by Crippen LogP contribution is 2.62. The van der Waals surface area contributed by atoms with Gasteiger partial charge in [-0.25, -0.2) is 0 Å². The summed E-state index contributed by atoms with van der Waals surface area (Å²) in [7, 11) is 0. The lowest BCUT2D eigenvalue weighted by Gasteiger charge is -2.50. The lowest BCUT2D eigenvalue weighted by atomic mass is 9.55. The quantitative estimate of drug-likeness (QED) is 0.373. The largest absolute Gasteiger partial charge is 0.458 e. The predicted octanol–water partition coefficient (Wildman–Crippen LogP) is 3.48. The van der Waals surface area contributed by atoms with Gasteiger partial charge in [0.15, 0.2) is 6.10 Å². The van der Waals surface area contributed by atoms with Crippen LogP contribution in [0.15, 0.2) is 18.2 Å². The number of hydrogen-bond donors (Lipinski definition) is 0. The van der Waals surface area contributed by atoms with E-state index < -0.39 is 41.6 Å². The van der Waals surface area contributed by atoms with Crippen LogP contribution in [0.5, 0.6) is 5.75 Å². The topological polar surface area (TPSA) is 105 Å². The van der Waals surface area contributed by atoms with Crippen LogP contribution in [-0.2, 0) is 39.8 Å². The highest BCUT2D eigenvalue weighted by Gasteiger charge is 2.67. The maximum absolute atomic E-state index is 12.1. The van der Waals surface area contributed by atoms with Crippen LogP contribution in [0.25, 0.3) is 0 Å². The van der Waals surface area contributed by atoms with Crippen molar-refractivity contribution in [1.82, 2.24) is 0 Å². The molecule has 0 radical (unpaired) electrons. The number of aryl methyl sites for hydroxylation is 1. The maximum Gasteiger partial charge on any atom is 0.308 e. The van der Waals surface area contributed by atoms with Crippen molar-refractivity contribution in [1.29, 1.82) is 0 Å². The van der Waals surface area contributed by atoms with Crippen LogP contribution in [0, 0.1) is 17.3 Å². The van der Waals surface area contributed by atoms with E-state index in [1.165, 1.54) is 33.3 Å². The Kier molecular flexibility index (Phi) is 6.44. The molecule has 0 bridgehead atoms. The number of carbonyl (C=O) groups excluding carboxylic acids is 4. The summed E-state index contributed by atoms with van der Waals surface area (Å²) in [6.07, 6.45) is 0.932. The highest BCUT2D eigenvalue weighted by atomic mass is 16.6. The molecule has 8 nitrogen and oxygen atoms in total. The smallest absolute Gasteiger partial charge is 0.308 e. The summed E-state index contributed by atoms with van der Waals surface area (Å²) in [5.41, 5.74) is 1.84. The number of esters is 4. The van der Waals surface area contributed by atoms with E-state index in [9.17, 15) is 19.2 Å². The molecule has 184 valence electrons. The minimum absolute atomic E-state index is 0.147. The van der Waals surface area contributed by atoms with Gasteiger partial charge in [0.1, 0.15) is 18.0 Å². The molecule has 0 aliphatic heterocycles. The lowest BCUT2D eigenvalue weighted by molar-refractivity contribution is -0.178. The third-order valence-electron chi connectivity index (χ3n) is 7.78. The third kappa shape index (κ3) is 4.30. The van der Waals surface area contributed by atoms with Crippen molar-refractivity contribution in [2.24, 2.45) is 17.3 Å². The molecule has 2 fully saturated rings. The molecule has 7 unspecified atom stereocenters. The van der Waals surface area contributed by atoms with Gasteiger partial charge in [-0.1, -0.05) is 13.0 Å². The first kappa shape index (κ1) is 24.2. The van der Waals surface area contributed by atoms with Crippen LogP contribution < -0.4 is 4.74 Å². The average Bonchev–Trinajstić information content (AvgIpc) is 2.94. The molecule has 34 heavy (non-hydrogen) atoms. The van der Waals surface area contributed by atoms with E-state index in [1.54, 1.807) is 0 Å². The van der Waals surface area contributed by atoms with Crippen LogP contribution in [0.4, 0.5) is 0 Å². The predicted molar refractivity (Wildman–Crippen MR) is 120 cm³/mol. The molecule has 7 atom stereocenters. The van der Waals surface area contributed by atoms with Crippen molar-refractivity contribution < 1.29 is 38.1 Å². The summed E-state index contributed by atoms with van der Waals surface area (Å²) in [5, 5.41) is 0. The fraction of sp³-hybridized carbons (Fsp3) is 0.615. The molecule has 0 spiro atoms. The molecule has 3 aliphatic carbocycles. The summed E-state index contributed by atoms with van der Waals surface area (Å²) in [5.74, 6) is -1.04. The van der Waals surface area contributed by atoms with Crippen LogP contribution in [0.2, 0.25) is 0 Å². The Balaban J connectivity index is 1.74. The van der Waals surface area contributed by atoms with Gasteiger partial charge in [-0.05, 0) is 60.8 Å². The molecule has 0 heterocycles. The zero-order valence-corrected chi connectivity index (χ0v) is 20.3. The van der Waals surface area contributed by atoms with Crippen LogP contribution in [-0.4, -0.2) is 42.2 Å². The van der Waals surface area contributed by atoms with Crippen LogP contribution in [0.3, 0.4) is 0 Å². The Bertz CT molecular complexity index is 1020. The molecule has 2 saturated carbocycles. The number of carbonyl (C=O) groups is 4. The fourth-order valence-electron chi connectivity index (χ4n) is 6.80. The van der Waals surface area contributed by atoms with Crippen molar-refractivity contribution in [3.8, 4) is 5.75 Å². The number of fused-ring (bicyclic) bond motifs is 5. The molecule has 0 amide bonds. The Morgan fingerprint density at radius 1 is 0.853 bits per heavy atom. The summed E-state index contributed by atoms with van der Waals surface area (Å²) < 4.78 is 22.5. The van der Waals surface area contributed by atoms with Gasteiger partial charge >= 0.3 is 23.9 Å². The SMILES string of the molecule is CC(=O)Oc1ccc2c(c1)CCC1C2CCC2(C)C(OC(C)=O)C(OC(C)=O)C(OC(C)=O)C12. The molecule has 0 N–H and O–H groups in total. The Hall–Kier alpha value is -2.90. The first-order valence-electron chi connectivity index (χ1n) is 11.8. The zero-order chi connectivity index (χ0) is 24.8. The van der Waals surface area contributed by atoms with Crippen molar-refractivity contribution in [2.45, 2.75) is 84.5 Å². The molecule has 0 aromatic heterocycles. The van der Waals surface area contributed by atoms with E-state index >= 15 is 0 Å². The van der Waals surface area contributed by atoms with E-state index in [4.69, 9.17) is 18.9 Å². The minimum Gasteiger partial charge on any atom is -0.458 e. The van der Waals surface area contributed by atoms with Crippen molar-refractivity contribution in [2.75, 3.05) is 0 Å². The molecule has 4 rings (SSSR count). The Morgan fingerprint density at radius 2 is 1.50 bits per heavy atom. The number of hydrogen-bond acceptors (Lipinski definition) is 8. The van der Waals surface area contributed by atoms with E-state index in [1.807, 2.05) is 18.2 Å². The van der Waals surface area contributed by atoms with Gasteiger partial charge in [0.05, 0.1) is 0 Å². The van der Waals surface area contributed by atoms with Crippen molar-refractivity contribution in [3.05, 3.63) is 29.3 Å². The second-order valence-corrected chi connectivity index (χ2v) is 10.0. The average molecular weight is 473 g/mol. The van der Waals surface area contributed by atoms with Gasteiger partial charge in [-0.3, -0.25) is 19.2 Å². The van der Waals surface area contributed by atoms with Crippen LogP contribution >= 0.6 is 0 Å². The summed E-state index contributed by atoms with van der Waals surface area (Å²) in [4.78, 5) is 47.5. The van der Waals surface area contributed by atoms with Gasteiger partial charge in [0.25, 0.3) is 0 Å². The van der Waals surface area contributed by atoms with E-state index in [2.05, 4.69) is 6.92 Å². The normalized spacial score (nSPS) is 33.6. The molecule has 1 aromatic carbocycles. The Morgan fingerprint density at radius 3 is 2.12 bits per heavy atom. The summed E-state index contributed by atoms with van der Waals surface area (Å²) in [6.45, 7) is 7.42. The first-order valence-corrected chi connectivity index (χ1v) is 11.8. The lowest BCUT2D eigenvalue weighted by Crippen LogP contribution is -2.47. The van der Waals surface area contributed by atoms with Gasteiger partial charge in [-0.2, -0.15) is 0 Å². The van der Waals surface area contributed by atoms with Gasteiger partial charge in [0.2, 0.25) is 0 Å². The first-order chi connectivity index (χ1) is 16.0. The molecule has 8 heteroatoms. The monoisotopic (exact) mass is 472 g/mol.